The van der Waals surface area contributed by atoms with Crippen LogP contribution in [0, 0.1) is 5.41 Å². The van der Waals surface area contributed by atoms with Crippen LogP contribution in [0.2, 0.25) is 0 Å². The fourth-order valence-corrected chi connectivity index (χ4v) is 3.81. The summed E-state index contributed by atoms with van der Waals surface area (Å²) in [6, 6.07) is 6.25. The van der Waals surface area contributed by atoms with E-state index >= 15 is 0 Å². The van der Waals surface area contributed by atoms with Gasteiger partial charge >= 0.3 is 0 Å². The zero-order valence-corrected chi connectivity index (χ0v) is 13.1. The molecule has 3 aliphatic heterocycles. The molecule has 2 saturated heterocycles. The number of likely N-dealkylation sites (tertiary alicyclic amines) is 1. The molecule has 1 aromatic carbocycles. The Hall–Kier alpha value is -0.970. The number of nitrogens with one attached hydrogen (secondary N) is 1. The number of rotatable bonds is 2. The van der Waals surface area contributed by atoms with Gasteiger partial charge in [-0.25, -0.2) is 0 Å². The lowest BCUT2D eigenvalue weighted by molar-refractivity contribution is 0.167. The molecule has 0 bridgehead atoms. The Labute approximate surface area is 132 Å². The molecule has 1 atom stereocenters. The molecule has 0 saturated carbocycles. The van der Waals surface area contributed by atoms with Gasteiger partial charge in [0.15, 0.2) is 11.5 Å². The third kappa shape index (κ3) is 2.85. The van der Waals surface area contributed by atoms with Gasteiger partial charge in [0.25, 0.3) is 0 Å². The highest BCUT2D eigenvalue weighted by atomic mass is 35.5. The third-order valence-corrected chi connectivity index (χ3v) is 4.89. The highest BCUT2D eigenvalue weighted by molar-refractivity contribution is 5.85. The highest BCUT2D eigenvalue weighted by Crippen LogP contribution is 2.39. The van der Waals surface area contributed by atoms with E-state index in [1.165, 1.54) is 44.6 Å². The first-order chi connectivity index (χ1) is 9.85. The van der Waals surface area contributed by atoms with E-state index < -0.39 is 0 Å². The summed E-state index contributed by atoms with van der Waals surface area (Å²) in [5.74, 6) is 1.87. The predicted molar refractivity (Wildman–Crippen MR) is 84.5 cm³/mol. The van der Waals surface area contributed by atoms with Gasteiger partial charge in [-0.1, -0.05) is 12.1 Å². The Bertz CT molecular complexity index is 503. The predicted octanol–water partition coefficient (Wildman–Crippen LogP) is 2.06. The van der Waals surface area contributed by atoms with E-state index in [0.29, 0.717) is 18.6 Å². The minimum Gasteiger partial charge on any atom is -0.486 e. The summed E-state index contributed by atoms with van der Waals surface area (Å²) in [6.07, 6.45) is 2.66. The summed E-state index contributed by atoms with van der Waals surface area (Å²) >= 11 is 0. The molecule has 1 N–H and O–H groups in total. The molecule has 21 heavy (non-hydrogen) atoms. The molecule has 1 spiro atoms. The van der Waals surface area contributed by atoms with E-state index in [4.69, 9.17) is 9.47 Å². The monoisotopic (exact) mass is 310 g/mol. The van der Waals surface area contributed by atoms with Crippen molar-refractivity contribution in [2.45, 2.75) is 19.4 Å². The van der Waals surface area contributed by atoms with Gasteiger partial charge in [-0.3, -0.25) is 4.90 Å². The second-order valence-electron chi connectivity index (χ2n) is 6.33. The molecule has 1 aromatic rings. The quantitative estimate of drug-likeness (QED) is 0.907. The first-order valence-electron chi connectivity index (χ1n) is 7.65. The molecule has 1 unspecified atom stereocenters. The summed E-state index contributed by atoms with van der Waals surface area (Å²) in [6.45, 7) is 7.10. The second kappa shape index (κ2) is 6.03. The fourth-order valence-electron chi connectivity index (χ4n) is 3.81. The molecule has 0 aromatic heterocycles. The maximum absolute atomic E-state index is 5.82. The zero-order chi connectivity index (χ0) is 13.4. The SMILES string of the molecule is Cl.c1cc(CN2CCC3(CCNC3)C2)c2c(c1)OCCO2. The lowest BCUT2D eigenvalue weighted by atomic mass is 9.86. The van der Waals surface area contributed by atoms with Crippen LogP contribution >= 0.6 is 12.4 Å². The summed E-state index contributed by atoms with van der Waals surface area (Å²) in [5.41, 5.74) is 1.80. The molecular formula is C16H23ClN2O2. The van der Waals surface area contributed by atoms with Crippen molar-refractivity contribution in [3.05, 3.63) is 23.8 Å². The van der Waals surface area contributed by atoms with Crippen LogP contribution in [0.4, 0.5) is 0 Å². The van der Waals surface area contributed by atoms with E-state index in [1.54, 1.807) is 0 Å². The lowest BCUT2D eigenvalue weighted by Crippen LogP contribution is -2.29. The third-order valence-electron chi connectivity index (χ3n) is 4.89. The Balaban J connectivity index is 0.00000132. The van der Waals surface area contributed by atoms with Gasteiger partial charge in [0.05, 0.1) is 0 Å². The van der Waals surface area contributed by atoms with Gasteiger partial charge in [-0.15, -0.1) is 12.4 Å². The molecule has 0 amide bonds. The fraction of sp³-hybridized carbons (Fsp3) is 0.625. The minimum atomic E-state index is 0. The summed E-state index contributed by atoms with van der Waals surface area (Å²) < 4.78 is 11.5. The molecule has 4 rings (SSSR count). The van der Waals surface area contributed by atoms with Gasteiger partial charge in [-0.2, -0.15) is 0 Å². The zero-order valence-electron chi connectivity index (χ0n) is 12.3. The smallest absolute Gasteiger partial charge is 0.165 e. The average molecular weight is 311 g/mol. The van der Waals surface area contributed by atoms with Crippen LogP contribution in [0.25, 0.3) is 0 Å². The number of halogens is 1. The topological polar surface area (TPSA) is 33.7 Å². The number of hydrogen-bond donors (Lipinski definition) is 1. The number of para-hydroxylation sites is 1. The van der Waals surface area contributed by atoms with E-state index in [0.717, 1.165) is 18.0 Å². The average Bonchev–Trinajstić information content (AvgIpc) is 3.10. The van der Waals surface area contributed by atoms with Gasteiger partial charge in [0.1, 0.15) is 13.2 Å². The highest BCUT2D eigenvalue weighted by Gasteiger charge is 2.40. The summed E-state index contributed by atoms with van der Waals surface area (Å²) in [4.78, 5) is 2.57. The van der Waals surface area contributed by atoms with E-state index in [9.17, 15) is 0 Å². The molecule has 116 valence electrons. The van der Waals surface area contributed by atoms with Crippen molar-refractivity contribution in [3.63, 3.8) is 0 Å². The van der Waals surface area contributed by atoms with Crippen LogP contribution in [-0.4, -0.2) is 44.3 Å². The number of nitrogens with zero attached hydrogens (tertiary/aromatic N) is 1. The van der Waals surface area contributed by atoms with Gasteiger partial charge in [0, 0.05) is 25.2 Å². The summed E-state index contributed by atoms with van der Waals surface area (Å²) in [5, 5.41) is 3.52. The lowest BCUT2D eigenvalue weighted by Gasteiger charge is -2.25. The molecule has 3 aliphatic rings. The van der Waals surface area contributed by atoms with Crippen molar-refractivity contribution < 1.29 is 9.47 Å². The van der Waals surface area contributed by atoms with Crippen LogP contribution < -0.4 is 14.8 Å². The van der Waals surface area contributed by atoms with Crippen molar-refractivity contribution in [3.8, 4) is 11.5 Å². The molecular weight excluding hydrogens is 288 g/mol. The first kappa shape index (κ1) is 14.9. The maximum Gasteiger partial charge on any atom is 0.165 e. The van der Waals surface area contributed by atoms with Crippen LogP contribution in [0.1, 0.15) is 18.4 Å². The van der Waals surface area contributed by atoms with Crippen LogP contribution in [0.3, 0.4) is 0 Å². The Morgan fingerprint density at radius 2 is 2.10 bits per heavy atom. The van der Waals surface area contributed by atoms with Crippen LogP contribution in [0.15, 0.2) is 18.2 Å². The Morgan fingerprint density at radius 1 is 1.19 bits per heavy atom. The van der Waals surface area contributed by atoms with Crippen LogP contribution in [-0.2, 0) is 6.54 Å². The first-order valence-corrected chi connectivity index (χ1v) is 7.65. The second-order valence-corrected chi connectivity index (χ2v) is 6.33. The van der Waals surface area contributed by atoms with Crippen molar-refractivity contribution in [1.82, 2.24) is 10.2 Å². The van der Waals surface area contributed by atoms with Gasteiger partial charge < -0.3 is 14.8 Å². The van der Waals surface area contributed by atoms with Crippen molar-refractivity contribution in [1.29, 1.82) is 0 Å². The molecule has 5 heteroatoms. The van der Waals surface area contributed by atoms with E-state index in [1.807, 2.05) is 6.07 Å². The molecule has 4 nitrogen and oxygen atoms in total. The Morgan fingerprint density at radius 3 is 2.95 bits per heavy atom. The minimum absolute atomic E-state index is 0. The van der Waals surface area contributed by atoms with Gasteiger partial charge in [0.2, 0.25) is 0 Å². The Kier molecular flexibility index (Phi) is 4.29. The number of benzene rings is 1. The van der Waals surface area contributed by atoms with Crippen LogP contribution in [0.5, 0.6) is 11.5 Å². The van der Waals surface area contributed by atoms with Crippen molar-refractivity contribution in [2.75, 3.05) is 39.4 Å². The molecule has 0 aliphatic carbocycles. The number of fused-ring (bicyclic) bond motifs is 1. The number of hydrogen-bond acceptors (Lipinski definition) is 4. The standard InChI is InChI=1S/C16H22N2O2.ClH/c1-2-13(15-14(3-1)19-8-9-20-15)10-18-7-5-16(12-18)4-6-17-11-16;/h1-3,17H,4-12H2;1H. The number of ether oxygens (including phenoxy) is 2. The van der Waals surface area contributed by atoms with Crippen molar-refractivity contribution in [2.24, 2.45) is 5.41 Å². The van der Waals surface area contributed by atoms with Gasteiger partial charge in [-0.05, 0) is 37.4 Å². The van der Waals surface area contributed by atoms with E-state index in [-0.39, 0.29) is 12.4 Å². The maximum atomic E-state index is 5.82. The normalized spacial score (nSPS) is 27.8. The molecule has 2 fully saturated rings. The molecule has 0 radical (unpaired) electrons. The van der Waals surface area contributed by atoms with Crippen molar-refractivity contribution >= 4 is 12.4 Å². The van der Waals surface area contributed by atoms with E-state index in [2.05, 4.69) is 22.3 Å². The summed E-state index contributed by atoms with van der Waals surface area (Å²) in [7, 11) is 0. The molecule has 3 heterocycles. The largest absolute Gasteiger partial charge is 0.486 e.